The number of nitrogens with zero attached hydrogens (tertiary/aromatic N) is 1. The van der Waals surface area contributed by atoms with Gasteiger partial charge in [-0.3, -0.25) is 0 Å². The van der Waals surface area contributed by atoms with Crippen LogP contribution in [0.25, 0.3) is 0 Å². The molecule has 0 aromatic rings. The van der Waals surface area contributed by atoms with Crippen molar-refractivity contribution in [3.63, 3.8) is 0 Å². The molecule has 0 atom stereocenters. The van der Waals surface area contributed by atoms with Crippen molar-refractivity contribution in [2.24, 2.45) is 4.99 Å². The van der Waals surface area contributed by atoms with E-state index in [9.17, 15) is 0 Å². The summed E-state index contributed by atoms with van der Waals surface area (Å²) in [7, 11) is 0. The first-order valence-corrected chi connectivity index (χ1v) is 5.35. The highest BCUT2D eigenvalue weighted by molar-refractivity contribution is 8.16. The summed E-state index contributed by atoms with van der Waals surface area (Å²) in [5.41, 5.74) is 1.15. The van der Waals surface area contributed by atoms with Crippen LogP contribution in [0.5, 0.6) is 0 Å². The lowest BCUT2D eigenvalue weighted by Gasteiger charge is -2.07. The van der Waals surface area contributed by atoms with Gasteiger partial charge in [-0.15, -0.1) is 23.5 Å². The number of allylic oxidation sites excluding steroid dienone is 1. The van der Waals surface area contributed by atoms with Crippen LogP contribution in [0.1, 0.15) is 13.8 Å². The molecule has 0 unspecified atom stereocenters. The van der Waals surface area contributed by atoms with E-state index in [2.05, 4.69) is 17.3 Å². The zero-order chi connectivity index (χ0) is 7.40. The highest BCUT2D eigenvalue weighted by Gasteiger charge is 2.03. The molecule has 3 heteroatoms. The second-order valence-electron chi connectivity index (χ2n) is 2.01. The number of hydrogen-bond acceptors (Lipinski definition) is 3. The van der Waals surface area contributed by atoms with E-state index in [1.54, 1.807) is 0 Å². The van der Waals surface area contributed by atoms with E-state index in [1.165, 1.54) is 5.04 Å². The Bertz CT molecular complexity index is 172. The molecule has 0 radical (unpaired) electrons. The number of thioether (sulfide) groups is 2. The van der Waals surface area contributed by atoms with Crippen molar-refractivity contribution in [1.82, 2.24) is 0 Å². The van der Waals surface area contributed by atoms with Crippen molar-refractivity contribution in [1.29, 1.82) is 0 Å². The quantitative estimate of drug-likeness (QED) is 0.604. The first kappa shape index (κ1) is 8.21. The Kier molecular flexibility index (Phi) is 3.35. The molecule has 0 amide bonds. The molecule has 0 bridgehead atoms. The summed E-state index contributed by atoms with van der Waals surface area (Å²) in [4.78, 5) is 4.39. The fourth-order valence-electron chi connectivity index (χ4n) is 0.729. The monoisotopic (exact) mass is 173 g/mol. The number of aliphatic imine (C=N–C) groups is 1. The number of rotatable bonds is 1. The predicted molar refractivity (Wildman–Crippen MR) is 51.8 cm³/mol. The normalized spacial score (nSPS) is 18.2. The highest BCUT2D eigenvalue weighted by Crippen LogP contribution is 2.20. The molecule has 0 spiro atoms. The van der Waals surface area contributed by atoms with Gasteiger partial charge in [0.25, 0.3) is 0 Å². The minimum absolute atomic E-state index is 1.07. The molecule has 1 nitrogen and oxygen atoms in total. The van der Waals surface area contributed by atoms with Crippen LogP contribution in [0.4, 0.5) is 0 Å². The Balaban J connectivity index is 2.51. The maximum absolute atomic E-state index is 4.39. The van der Waals surface area contributed by atoms with Crippen LogP contribution in [0, 0.1) is 0 Å². The van der Waals surface area contributed by atoms with Crippen LogP contribution in [0.2, 0.25) is 0 Å². The van der Waals surface area contributed by atoms with Gasteiger partial charge in [0.15, 0.2) is 0 Å². The summed E-state index contributed by atoms with van der Waals surface area (Å²) < 4.78 is 0. The van der Waals surface area contributed by atoms with Crippen LogP contribution in [0.15, 0.2) is 16.1 Å². The van der Waals surface area contributed by atoms with Crippen LogP contribution in [0.3, 0.4) is 0 Å². The second-order valence-corrected chi connectivity index (χ2v) is 4.20. The Morgan fingerprint density at radius 1 is 1.80 bits per heavy atom. The largest absolute Gasteiger partial charge is 0.250 e. The summed E-state index contributed by atoms with van der Waals surface area (Å²) in [5, 5.41) is 3.38. The first-order valence-electron chi connectivity index (χ1n) is 3.31. The average molecular weight is 173 g/mol. The third kappa shape index (κ3) is 2.39. The van der Waals surface area contributed by atoms with E-state index in [4.69, 9.17) is 0 Å². The second kappa shape index (κ2) is 4.09. The average Bonchev–Trinajstić information content (AvgIpc) is 1.88. The summed E-state index contributed by atoms with van der Waals surface area (Å²) >= 11 is 3.68. The lowest BCUT2D eigenvalue weighted by molar-refractivity contribution is 1.32. The van der Waals surface area contributed by atoms with Gasteiger partial charge in [-0.05, 0) is 18.1 Å². The van der Waals surface area contributed by atoms with E-state index in [0.717, 1.165) is 17.2 Å². The first-order chi connectivity index (χ1) is 4.83. The van der Waals surface area contributed by atoms with Gasteiger partial charge in [-0.2, -0.15) is 0 Å². The number of hydrogen-bond donors (Lipinski definition) is 0. The van der Waals surface area contributed by atoms with Gasteiger partial charge in [0.05, 0.1) is 5.04 Å². The molecule has 1 aliphatic rings. The van der Waals surface area contributed by atoms with E-state index in [0.29, 0.717) is 0 Å². The molecular formula is C7H11NS2. The van der Waals surface area contributed by atoms with E-state index in [-0.39, 0.29) is 0 Å². The maximum Gasteiger partial charge on any atom is 0.0837 e. The fraction of sp³-hybridized carbons (Fsp3) is 0.571. The van der Waals surface area contributed by atoms with Crippen molar-refractivity contribution in [2.75, 3.05) is 11.5 Å². The summed E-state index contributed by atoms with van der Waals surface area (Å²) in [5.74, 6) is 2.20. The van der Waals surface area contributed by atoms with E-state index >= 15 is 0 Å². The van der Waals surface area contributed by atoms with Crippen molar-refractivity contribution in [3.8, 4) is 0 Å². The standard InChI is InChI=1S/C7H11NS2/c1-3-10-7-5-9-4-6(2)8-7/h4H,3,5H2,1-2H3. The zero-order valence-corrected chi connectivity index (χ0v) is 7.89. The molecule has 56 valence electrons. The van der Waals surface area contributed by atoms with Crippen molar-refractivity contribution in [2.45, 2.75) is 13.8 Å². The molecular weight excluding hydrogens is 162 g/mol. The summed E-state index contributed by atoms with van der Waals surface area (Å²) in [6, 6.07) is 0. The molecule has 0 fully saturated rings. The molecule has 0 saturated heterocycles. The summed E-state index contributed by atoms with van der Waals surface area (Å²) in [6.45, 7) is 4.20. The summed E-state index contributed by atoms with van der Waals surface area (Å²) in [6.07, 6.45) is 0. The molecule has 1 heterocycles. The third-order valence-electron chi connectivity index (χ3n) is 1.07. The molecule has 10 heavy (non-hydrogen) atoms. The lowest BCUT2D eigenvalue weighted by atomic mass is 10.6. The molecule has 0 N–H and O–H groups in total. The van der Waals surface area contributed by atoms with Gasteiger partial charge < -0.3 is 0 Å². The van der Waals surface area contributed by atoms with Crippen molar-refractivity contribution in [3.05, 3.63) is 11.1 Å². The van der Waals surface area contributed by atoms with Gasteiger partial charge in [0.2, 0.25) is 0 Å². The minimum Gasteiger partial charge on any atom is -0.250 e. The van der Waals surface area contributed by atoms with Gasteiger partial charge in [-0.1, -0.05) is 6.92 Å². The van der Waals surface area contributed by atoms with Gasteiger partial charge >= 0.3 is 0 Å². The van der Waals surface area contributed by atoms with Crippen LogP contribution >= 0.6 is 23.5 Å². The van der Waals surface area contributed by atoms with Crippen LogP contribution < -0.4 is 0 Å². The predicted octanol–water partition coefficient (Wildman–Crippen LogP) is 2.75. The van der Waals surface area contributed by atoms with Gasteiger partial charge in [0.1, 0.15) is 0 Å². The van der Waals surface area contributed by atoms with Crippen LogP contribution in [-0.2, 0) is 0 Å². The van der Waals surface area contributed by atoms with Crippen molar-refractivity contribution >= 4 is 28.6 Å². The SMILES string of the molecule is CCSC1=NC(C)=CSC1. The van der Waals surface area contributed by atoms with E-state index < -0.39 is 0 Å². The smallest absolute Gasteiger partial charge is 0.0837 e. The third-order valence-corrected chi connectivity index (χ3v) is 3.06. The van der Waals surface area contributed by atoms with E-state index in [1.807, 2.05) is 30.4 Å². The van der Waals surface area contributed by atoms with Crippen LogP contribution in [-0.4, -0.2) is 16.5 Å². The Morgan fingerprint density at radius 2 is 2.60 bits per heavy atom. The zero-order valence-electron chi connectivity index (χ0n) is 6.26. The lowest BCUT2D eigenvalue weighted by Crippen LogP contribution is -1.99. The topological polar surface area (TPSA) is 12.4 Å². The fourth-order valence-corrected chi connectivity index (χ4v) is 2.39. The molecule has 1 rings (SSSR count). The Hall–Kier alpha value is 0.110. The molecule has 0 aromatic carbocycles. The van der Waals surface area contributed by atoms with Crippen molar-refractivity contribution < 1.29 is 0 Å². The molecule has 0 aromatic heterocycles. The molecule has 0 saturated carbocycles. The molecule has 0 aliphatic carbocycles. The van der Waals surface area contributed by atoms with Gasteiger partial charge in [0, 0.05) is 11.4 Å². The Labute approximate surface area is 70.4 Å². The van der Waals surface area contributed by atoms with Gasteiger partial charge in [-0.25, -0.2) is 4.99 Å². The molecule has 1 aliphatic heterocycles. The highest BCUT2D eigenvalue weighted by atomic mass is 32.2. The Morgan fingerprint density at radius 3 is 3.20 bits per heavy atom. The minimum atomic E-state index is 1.07. The maximum atomic E-state index is 4.39.